The molecule has 0 bridgehead atoms. The first-order valence-corrected chi connectivity index (χ1v) is 8.58. The lowest BCUT2D eigenvalue weighted by Gasteiger charge is -2.21. The zero-order chi connectivity index (χ0) is 17.6. The topological polar surface area (TPSA) is 3.24 Å². The van der Waals surface area contributed by atoms with Crippen LogP contribution in [-0.4, -0.2) is 7.05 Å². The van der Waals surface area contributed by atoms with Crippen molar-refractivity contribution in [2.45, 2.75) is 6.18 Å². The van der Waals surface area contributed by atoms with Gasteiger partial charge in [0.25, 0.3) is 0 Å². The SMILES string of the molecule is CN(c1ccc(C(F)(F)F)cc1)c1cccc2c1sc1ccccc12. The third-order valence-electron chi connectivity index (χ3n) is 4.33. The highest BCUT2D eigenvalue weighted by Gasteiger charge is 2.30. The molecule has 126 valence electrons. The number of thiophene rings is 1. The first kappa shape index (κ1) is 16.0. The van der Waals surface area contributed by atoms with Gasteiger partial charge in [-0.25, -0.2) is 0 Å². The fraction of sp³-hybridized carbons (Fsp3) is 0.100. The van der Waals surface area contributed by atoms with E-state index in [-0.39, 0.29) is 0 Å². The molecule has 4 aromatic rings. The number of fused-ring (bicyclic) bond motifs is 3. The van der Waals surface area contributed by atoms with E-state index in [0.717, 1.165) is 33.6 Å². The first-order valence-electron chi connectivity index (χ1n) is 7.76. The minimum absolute atomic E-state index is 0.635. The zero-order valence-corrected chi connectivity index (χ0v) is 14.2. The van der Waals surface area contributed by atoms with E-state index in [1.807, 2.05) is 36.2 Å². The predicted octanol–water partition coefficient (Wildman–Crippen LogP) is 6.84. The molecule has 0 saturated heterocycles. The summed E-state index contributed by atoms with van der Waals surface area (Å²) in [7, 11) is 1.88. The number of benzene rings is 3. The molecule has 1 nitrogen and oxygen atoms in total. The van der Waals surface area contributed by atoms with E-state index in [1.54, 1.807) is 11.3 Å². The van der Waals surface area contributed by atoms with Crippen LogP contribution in [0.5, 0.6) is 0 Å². The van der Waals surface area contributed by atoms with Crippen molar-refractivity contribution >= 4 is 42.9 Å². The lowest BCUT2D eigenvalue weighted by molar-refractivity contribution is -0.137. The Morgan fingerprint density at radius 2 is 1.48 bits per heavy atom. The van der Waals surface area contributed by atoms with Crippen LogP contribution in [0.15, 0.2) is 66.7 Å². The molecule has 1 aromatic heterocycles. The Bertz CT molecular complexity index is 1050. The van der Waals surface area contributed by atoms with Crippen molar-refractivity contribution in [3.8, 4) is 0 Å². The molecule has 25 heavy (non-hydrogen) atoms. The molecule has 0 aliphatic rings. The Kier molecular flexibility index (Phi) is 3.69. The third-order valence-corrected chi connectivity index (χ3v) is 5.54. The summed E-state index contributed by atoms with van der Waals surface area (Å²) in [6, 6.07) is 19.5. The van der Waals surface area contributed by atoms with Gasteiger partial charge in [0.15, 0.2) is 0 Å². The Morgan fingerprint density at radius 1 is 0.800 bits per heavy atom. The molecule has 0 spiro atoms. The number of alkyl halides is 3. The molecule has 3 aromatic carbocycles. The van der Waals surface area contributed by atoms with Gasteiger partial charge in [-0.15, -0.1) is 11.3 Å². The standard InChI is InChI=1S/C20H14F3NS/c1-24(14-11-9-13(10-12-14)20(21,22)23)17-7-4-6-16-15-5-2-3-8-18(15)25-19(16)17/h2-12H,1H3. The van der Waals surface area contributed by atoms with E-state index in [9.17, 15) is 13.2 Å². The minimum Gasteiger partial charge on any atom is -0.343 e. The van der Waals surface area contributed by atoms with Crippen LogP contribution in [0.2, 0.25) is 0 Å². The average molecular weight is 357 g/mol. The van der Waals surface area contributed by atoms with Crippen LogP contribution in [0.25, 0.3) is 20.2 Å². The van der Waals surface area contributed by atoms with E-state index in [2.05, 4.69) is 18.2 Å². The van der Waals surface area contributed by atoms with Gasteiger partial charge in [-0.3, -0.25) is 0 Å². The molecule has 0 amide bonds. The monoisotopic (exact) mass is 357 g/mol. The van der Waals surface area contributed by atoms with Gasteiger partial charge in [-0.2, -0.15) is 13.2 Å². The highest BCUT2D eigenvalue weighted by atomic mass is 32.1. The lowest BCUT2D eigenvalue weighted by Crippen LogP contribution is -2.10. The van der Waals surface area contributed by atoms with Gasteiger partial charge in [0.1, 0.15) is 0 Å². The molecular formula is C20H14F3NS. The molecule has 0 radical (unpaired) electrons. The van der Waals surface area contributed by atoms with Crippen LogP contribution >= 0.6 is 11.3 Å². The fourth-order valence-corrected chi connectivity index (χ4v) is 4.26. The van der Waals surface area contributed by atoms with Crippen LogP contribution in [-0.2, 0) is 6.18 Å². The van der Waals surface area contributed by atoms with E-state index in [4.69, 9.17) is 0 Å². The normalized spacial score (nSPS) is 12.0. The molecule has 4 rings (SSSR count). The van der Waals surface area contributed by atoms with Gasteiger partial charge in [0.2, 0.25) is 0 Å². The van der Waals surface area contributed by atoms with Crippen LogP contribution in [0, 0.1) is 0 Å². The maximum absolute atomic E-state index is 12.8. The second kappa shape index (κ2) is 5.77. The van der Waals surface area contributed by atoms with Crippen LogP contribution in [0.4, 0.5) is 24.5 Å². The van der Waals surface area contributed by atoms with Crippen molar-refractivity contribution in [3.63, 3.8) is 0 Å². The van der Waals surface area contributed by atoms with Gasteiger partial charge in [-0.1, -0.05) is 30.3 Å². The lowest BCUT2D eigenvalue weighted by atomic mass is 10.1. The van der Waals surface area contributed by atoms with Crippen molar-refractivity contribution in [1.29, 1.82) is 0 Å². The smallest absolute Gasteiger partial charge is 0.343 e. The van der Waals surface area contributed by atoms with Crippen molar-refractivity contribution in [3.05, 3.63) is 72.3 Å². The number of nitrogens with zero attached hydrogens (tertiary/aromatic N) is 1. The highest BCUT2D eigenvalue weighted by molar-refractivity contribution is 7.26. The van der Waals surface area contributed by atoms with Crippen LogP contribution < -0.4 is 4.90 Å². The van der Waals surface area contributed by atoms with Gasteiger partial charge in [0, 0.05) is 28.2 Å². The van der Waals surface area contributed by atoms with Crippen molar-refractivity contribution in [2.24, 2.45) is 0 Å². The Hall–Kier alpha value is -2.53. The molecular weight excluding hydrogens is 343 g/mol. The van der Waals surface area contributed by atoms with Crippen LogP contribution in [0.3, 0.4) is 0 Å². The highest BCUT2D eigenvalue weighted by Crippen LogP contribution is 2.41. The number of hydrogen-bond acceptors (Lipinski definition) is 2. The molecule has 0 fully saturated rings. The maximum atomic E-state index is 12.8. The quantitative estimate of drug-likeness (QED) is 0.379. The maximum Gasteiger partial charge on any atom is 0.416 e. The molecule has 0 aliphatic heterocycles. The predicted molar refractivity (Wildman–Crippen MR) is 98.8 cm³/mol. The van der Waals surface area contributed by atoms with Crippen molar-refractivity contribution < 1.29 is 13.2 Å². The molecule has 0 unspecified atom stereocenters. The van der Waals surface area contributed by atoms with Crippen molar-refractivity contribution in [1.82, 2.24) is 0 Å². The van der Waals surface area contributed by atoms with Gasteiger partial charge >= 0.3 is 6.18 Å². The number of halogens is 3. The Balaban J connectivity index is 1.81. The van der Waals surface area contributed by atoms with Crippen LogP contribution in [0.1, 0.15) is 5.56 Å². The Morgan fingerprint density at radius 3 is 2.20 bits per heavy atom. The van der Waals surface area contributed by atoms with Gasteiger partial charge in [0.05, 0.1) is 16.0 Å². The van der Waals surface area contributed by atoms with E-state index < -0.39 is 11.7 Å². The summed E-state index contributed by atoms with van der Waals surface area (Å²) in [5.74, 6) is 0. The molecule has 1 heterocycles. The summed E-state index contributed by atoms with van der Waals surface area (Å²) in [6.45, 7) is 0. The third kappa shape index (κ3) is 2.74. The summed E-state index contributed by atoms with van der Waals surface area (Å²) in [5.41, 5.74) is 1.07. The molecule has 0 saturated carbocycles. The summed E-state index contributed by atoms with van der Waals surface area (Å²) in [4.78, 5) is 1.93. The van der Waals surface area contributed by atoms with Crippen molar-refractivity contribution in [2.75, 3.05) is 11.9 Å². The first-order chi connectivity index (χ1) is 11.9. The van der Waals surface area contributed by atoms with E-state index >= 15 is 0 Å². The molecule has 5 heteroatoms. The van der Waals surface area contributed by atoms with Gasteiger partial charge in [-0.05, 0) is 36.4 Å². The van der Waals surface area contributed by atoms with E-state index in [0.29, 0.717) is 0 Å². The number of hydrogen-bond donors (Lipinski definition) is 0. The molecule has 0 atom stereocenters. The summed E-state index contributed by atoms with van der Waals surface area (Å²) in [6.07, 6.45) is -4.32. The zero-order valence-electron chi connectivity index (χ0n) is 13.3. The second-order valence-corrected chi connectivity index (χ2v) is 6.91. The number of rotatable bonds is 2. The Labute approximate surface area is 146 Å². The number of anilines is 2. The average Bonchev–Trinajstić information content (AvgIpc) is 2.99. The molecule has 0 N–H and O–H groups in total. The second-order valence-electron chi connectivity index (χ2n) is 5.86. The summed E-state index contributed by atoms with van der Waals surface area (Å²) < 4.78 is 40.6. The summed E-state index contributed by atoms with van der Waals surface area (Å²) in [5, 5.41) is 2.36. The minimum atomic E-state index is -4.32. The van der Waals surface area contributed by atoms with Gasteiger partial charge < -0.3 is 4.90 Å². The fourth-order valence-electron chi connectivity index (χ4n) is 3.01. The van der Waals surface area contributed by atoms with E-state index in [1.165, 1.54) is 22.2 Å². The summed E-state index contributed by atoms with van der Waals surface area (Å²) >= 11 is 1.70. The largest absolute Gasteiger partial charge is 0.416 e. The molecule has 0 aliphatic carbocycles.